The molecule has 2 aliphatic rings. The van der Waals surface area contributed by atoms with Crippen LogP contribution in [0.2, 0.25) is 0 Å². The molecule has 0 bridgehead atoms. The highest BCUT2D eigenvalue weighted by molar-refractivity contribution is 9.10. The van der Waals surface area contributed by atoms with Crippen molar-refractivity contribution in [3.8, 4) is 0 Å². The van der Waals surface area contributed by atoms with Crippen LogP contribution in [0.25, 0.3) is 0 Å². The van der Waals surface area contributed by atoms with Gasteiger partial charge >= 0.3 is 0 Å². The number of nitrogens with one attached hydrogen (secondary N) is 1. The fraction of sp³-hybridized carbons (Fsp3) is 0.600. The van der Waals surface area contributed by atoms with E-state index in [-0.39, 0.29) is 11.0 Å². The Morgan fingerprint density at radius 2 is 2.00 bits per heavy atom. The van der Waals surface area contributed by atoms with Gasteiger partial charge in [-0.25, -0.2) is 8.78 Å². The summed E-state index contributed by atoms with van der Waals surface area (Å²) in [7, 11) is 1.92. The normalized spacial score (nSPS) is 32.4. The van der Waals surface area contributed by atoms with Crippen molar-refractivity contribution in [1.29, 1.82) is 0 Å². The molecule has 0 amide bonds. The first-order valence-electron chi connectivity index (χ1n) is 6.82. The molecule has 0 radical (unpaired) electrons. The molecule has 3 rings (SSSR count). The largest absolute Gasteiger partial charge is 0.319 e. The summed E-state index contributed by atoms with van der Waals surface area (Å²) in [5.74, 6) is 0.742. The van der Waals surface area contributed by atoms with E-state index < -0.39 is 11.6 Å². The molecular weight excluding hydrogens is 312 g/mol. The minimum atomic E-state index is -0.434. The third-order valence-electron chi connectivity index (χ3n) is 4.70. The third kappa shape index (κ3) is 2.45. The van der Waals surface area contributed by atoms with Gasteiger partial charge in [-0.3, -0.25) is 0 Å². The van der Waals surface area contributed by atoms with Crippen LogP contribution in [0, 0.1) is 28.9 Å². The molecular formula is C15H18BrF2N. The Hall–Kier alpha value is -0.480. The van der Waals surface area contributed by atoms with Crippen LogP contribution >= 0.6 is 15.9 Å². The van der Waals surface area contributed by atoms with E-state index in [1.807, 2.05) is 7.05 Å². The molecule has 2 fully saturated rings. The standard InChI is InChI=1S/C15H18BrF2N/c1-19-8-15(5-9-4-10(9)6-15)7-11-13(17)3-2-12(16)14(11)18/h2-3,9-10,19H,4-8H2,1H3. The molecule has 104 valence electrons. The van der Waals surface area contributed by atoms with Crippen molar-refractivity contribution in [2.24, 2.45) is 17.3 Å². The Labute approximate surface area is 120 Å². The molecule has 0 heterocycles. The summed E-state index contributed by atoms with van der Waals surface area (Å²) < 4.78 is 28.4. The van der Waals surface area contributed by atoms with Crippen LogP contribution in [0.15, 0.2) is 16.6 Å². The van der Waals surface area contributed by atoms with E-state index in [0.29, 0.717) is 10.9 Å². The van der Waals surface area contributed by atoms with Gasteiger partial charge in [0.1, 0.15) is 11.6 Å². The van der Waals surface area contributed by atoms with Crippen molar-refractivity contribution < 1.29 is 8.78 Å². The third-order valence-corrected chi connectivity index (χ3v) is 5.31. The van der Waals surface area contributed by atoms with Crippen molar-refractivity contribution in [3.05, 3.63) is 33.8 Å². The van der Waals surface area contributed by atoms with Crippen molar-refractivity contribution in [2.45, 2.75) is 25.7 Å². The fourth-order valence-corrected chi connectivity index (χ4v) is 4.21. The van der Waals surface area contributed by atoms with Gasteiger partial charge in [0.25, 0.3) is 0 Å². The Kier molecular flexibility index (Phi) is 3.42. The van der Waals surface area contributed by atoms with Gasteiger partial charge in [0.05, 0.1) is 4.47 Å². The number of hydrogen-bond acceptors (Lipinski definition) is 1. The lowest BCUT2D eigenvalue weighted by Gasteiger charge is -2.31. The van der Waals surface area contributed by atoms with E-state index in [2.05, 4.69) is 21.2 Å². The quantitative estimate of drug-likeness (QED) is 0.826. The average molecular weight is 330 g/mol. The Morgan fingerprint density at radius 3 is 2.63 bits per heavy atom. The average Bonchev–Trinajstić information content (AvgIpc) is 2.99. The summed E-state index contributed by atoms with van der Waals surface area (Å²) >= 11 is 3.15. The lowest BCUT2D eigenvalue weighted by molar-refractivity contribution is 0.248. The topological polar surface area (TPSA) is 12.0 Å². The Balaban J connectivity index is 1.88. The highest BCUT2D eigenvalue weighted by Gasteiger charge is 2.53. The minimum absolute atomic E-state index is 0.0325. The van der Waals surface area contributed by atoms with Crippen LogP contribution in [0.5, 0.6) is 0 Å². The molecule has 0 spiro atoms. The molecule has 2 unspecified atom stereocenters. The highest BCUT2D eigenvalue weighted by Crippen LogP contribution is 2.60. The first kappa shape index (κ1) is 13.5. The van der Waals surface area contributed by atoms with Crippen molar-refractivity contribution in [3.63, 3.8) is 0 Å². The molecule has 1 nitrogen and oxygen atoms in total. The van der Waals surface area contributed by atoms with Crippen LogP contribution in [-0.4, -0.2) is 13.6 Å². The molecule has 1 aromatic rings. The molecule has 1 N–H and O–H groups in total. The SMILES string of the molecule is CNCC1(Cc2c(F)ccc(Br)c2F)CC2CC2C1. The number of halogens is 3. The number of rotatable bonds is 4. The first-order valence-corrected chi connectivity index (χ1v) is 7.61. The molecule has 4 heteroatoms. The van der Waals surface area contributed by atoms with Gasteiger partial charge in [-0.05, 0) is 78.0 Å². The zero-order valence-corrected chi connectivity index (χ0v) is 12.6. The number of hydrogen-bond donors (Lipinski definition) is 1. The lowest BCUT2D eigenvalue weighted by atomic mass is 9.77. The molecule has 0 aliphatic heterocycles. The zero-order chi connectivity index (χ0) is 13.6. The smallest absolute Gasteiger partial charge is 0.143 e. The van der Waals surface area contributed by atoms with E-state index >= 15 is 0 Å². The summed E-state index contributed by atoms with van der Waals surface area (Å²) in [6.45, 7) is 0.839. The van der Waals surface area contributed by atoms with E-state index in [0.717, 1.165) is 31.2 Å². The van der Waals surface area contributed by atoms with E-state index in [1.165, 1.54) is 18.6 Å². The molecule has 1 aromatic carbocycles. The maximum atomic E-state index is 14.1. The first-order chi connectivity index (χ1) is 9.04. The van der Waals surface area contributed by atoms with E-state index in [1.54, 1.807) is 0 Å². The Bertz CT molecular complexity index is 493. The monoisotopic (exact) mass is 329 g/mol. The van der Waals surface area contributed by atoms with Crippen LogP contribution in [-0.2, 0) is 6.42 Å². The van der Waals surface area contributed by atoms with Gasteiger partial charge in [-0.1, -0.05) is 0 Å². The molecule has 2 saturated carbocycles. The van der Waals surface area contributed by atoms with Gasteiger partial charge in [-0.2, -0.15) is 0 Å². The lowest BCUT2D eigenvalue weighted by Crippen LogP contribution is -2.34. The second-order valence-electron chi connectivity index (χ2n) is 6.19. The number of benzene rings is 1. The van der Waals surface area contributed by atoms with Crippen LogP contribution in [0.4, 0.5) is 8.78 Å². The predicted octanol–water partition coefficient (Wildman–Crippen LogP) is 3.91. The summed E-state index contributed by atoms with van der Waals surface area (Å²) in [5.41, 5.74) is 0.274. The summed E-state index contributed by atoms with van der Waals surface area (Å²) in [5, 5.41) is 3.21. The predicted molar refractivity (Wildman–Crippen MR) is 75.0 cm³/mol. The molecule has 0 aromatic heterocycles. The van der Waals surface area contributed by atoms with Gasteiger partial charge in [0.15, 0.2) is 0 Å². The zero-order valence-electron chi connectivity index (χ0n) is 11.0. The van der Waals surface area contributed by atoms with Crippen LogP contribution in [0.1, 0.15) is 24.8 Å². The minimum Gasteiger partial charge on any atom is -0.319 e. The summed E-state index contributed by atoms with van der Waals surface area (Å²) in [6.07, 6.45) is 4.01. The van der Waals surface area contributed by atoms with Crippen molar-refractivity contribution in [1.82, 2.24) is 5.32 Å². The molecule has 19 heavy (non-hydrogen) atoms. The maximum Gasteiger partial charge on any atom is 0.143 e. The molecule has 2 aliphatic carbocycles. The number of fused-ring (bicyclic) bond motifs is 1. The second-order valence-corrected chi connectivity index (χ2v) is 7.05. The van der Waals surface area contributed by atoms with Gasteiger partial charge < -0.3 is 5.32 Å². The maximum absolute atomic E-state index is 14.1. The Morgan fingerprint density at radius 1 is 1.32 bits per heavy atom. The highest BCUT2D eigenvalue weighted by atomic mass is 79.9. The van der Waals surface area contributed by atoms with Crippen molar-refractivity contribution >= 4 is 15.9 Å². The van der Waals surface area contributed by atoms with Crippen LogP contribution in [0.3, 0.4) is 0 Å². The van der Waals surface area contributed by atoms with Gasteiger partial charge in [-0.15, -0.1) is 0 Å². The molecule has 0 saturated heterocycles. The fourth-order valence-electron chi connectivity index (χ4n) is 3.84. The van der Waals surface area contributed by atoms with Gasteiger partial charge in [0, 0.05) is 12.1 Å². The van der Waals surface area contributed by atoms with E-state index in [4.69, 9.17) is 0 Å². The van der Waals surface area contributed by atoms with E-state index in [9.17, 15) is 8.78 Å². The molecule has 2 atom stereocenters. The summed E-state index contributed by atoms with van der Waals surface area (Å²) in [6, 6.07) is 2.79. The summed E-state index contributed by atoms with van der Waals surface area (Å²) in [4.78, 5) is 0. The van der Waals surface area contributed by atoms with Crippen LogP contribution < -0.4 is 5.32 Å². The van der Waals surface area contributed by atoms with Gasteiger partial charge in [0.2, 0.25) is 0 Å². The van der Waals surface area contributed by atoms with Crippen molar-refractivity contribution in [2.75, 3.05) is 13.6 Å². The second kappa shape index (κ2) is 4.81.